The Hall–Kier alpha value is -2.10. The summed E-state index contributed by atoms with van der Waals surface area (Å²) in [5.41, 5.74) is -2.80. The molecule has 10 heteroatoms. The molecule has 1 aromatic heterocycles. The number of hydrogen-bond donors (Lipinski definition) is 1. The van der Waals surface area contributed by atoms with Gasteiger partial charge in [-0.25, -0.2) is 9.36 Å². The van der Waals surface area contributed by atoms with Gasteiger partial charge in [0.25, 0.3) is 5.56 Å². The molecule has 6 nitrogen and oxygen atoms in total. The number of nitrogens with zero attached hydrogens (tertiary/aromatic N) is 2. The molecule has 0 bridgehead atoms. The second-order valence-corrected chi connectivity index (χ2v) is 5.59. The van der Waals surface area contributed by atoms with Crippen LogP contribution in [0.2, 0.25) is 5.02 Å². The Balaban J connectivity index is 2.56. The first kappa shape index (κ1) is 19.2. The first-order valence-electron chi connectivity index (χ1n) is 7.05. The van der Waals surface area contributed by atoms with Crippen molar-refractivity contribution in [2.75, 3.05) is 13.8 Å². The van der Waals surface area contributed by atoms with E-state index in [0.717, 1.165) is 7.05 Å². The van der Waals surface area contributed by atoms with Crippen molar-refractivity contribution in [1.29, 1.82) is 0 Å². The highest BCUT2D eigenvalue weighted by Gasteiger charge is 2.35. The highest BCUT2D eigenvalue weighted by molar-refractivity contribution is 6.31. The number of aromatic nitrogens is 2. The topological polar surface area (TPSA) is 65.3 Å². The molecule has 0 aliphatic rings. The lowest BCUT2D eigenvalue weighted by molar-refractivity contribution is -0.144. The molecule has 0 fully saturated rings. The highest BCUT2D eigenvalue weighted by atomic mass is 35.5. The SMILES string of the molecule is COCNCc1cc(-n2c(=O)cc(C(F)(F)F)n(C)c2=O)ccc1Cl. The molecule has 25 heavy (non-hydrogen) atoms. The lowest BCUT2D eigenvalue weighted by atomic mass is 10.2. The van der Waals surface area contributed by atoms with Gasteiger partial charge in [-0.2, -0.15) is 13.2 Å². The maximum absolute atomic E-state index is 12.9. The molecule has 1 N–H and O–H groups in total. The van der Waals surface area contributed by atoms with Crippen molar-refractivity contribution >= 4 is 11.6 Å². The van der Waals surface area contributed by atoms with Crippen molar-refractivity contribution in [3.05, 3.63) is 61.4 Å². The van der Waals surface area contributed by atoms with Crippen LogP contribution in [0.4, 0.5) is 13.2 Å². The molecule has 0 saturated heterocycles. The summed E-state index contributed by atoms with van der Waals surface area (Å²) < 4.78 is 44.6. The van der Waals surface area contributed by atoms with Crippen LogP contribution in [0, 0.1) is 0 Å². The molecule has 0 saturated carbocycles. The van der Waals surface area contributed by atoms with Crippen molar-refractivity contribution < 1.29 is 17.9 Å². The van der Waals surface area contributed by atoms with Crippen molar-refractivity contribution in [3.63, 3.8) is 0 Å². The molecule has 0 spiro atoms. The normalized spacial score (nSPS) is 11.8. The number of alkyl halides is 3. The summed E-state index contributed by atoms with van der Waals surface area (Å²) in [5.74, 6) is 0. The summed E-state index contributed by atoms with van der Waals surface area (Å²) in [7, 11) is 2.45. The van der Waals surface area contributed by atoms with E-state index >= 15 is 0 Å². The van der Waals surface area contributed by atoms with Gasteiger partial charge in [0.05, 0.1) is 12.4 Å². The first-order chi connectivity index (χ1) is 11.7. The molecule has 2 rings (SSSR count). The van der Waals surface area contributed by atoms with E-state index in [1.165, 1.54) is 25.3 Å². The fraction of sp³-hybridized carbons (Fsp3) is 0.333. The predicted molar refractivity (Wildman–Crippen MR) is 86.0 cm³/mol. The van der Waals surface area contributed by atoms with Crippen LogP contribution in [0.15, 0.2) is 33.9 Å². The zero-order chi connectivity index (χ0) is 18.8. The monoisotopic (exact) mass is 377 g/mol. The fourth-order valence-corrected chi connectivity index (χ4v) is 2.44. The smallest absolute Gasteiger partial charge is 0.370 e. The van der Waals surface area contributed by atoms with Crippen LogP contribution >= 0.6 is 11.6 Å². The summed E-state index contributed by atoms with van der Waals surface area (Å²) >= 11 is 6.06. The van der Waals surface area contributed by atoms with Crippen molar-refractivity contribution in [2.45, 2.75) is 12.7 Å². The predicted octanol–water partition coefficient (Wildman–Crippen LogP) is 1.90. The number of halogens is 4. The van der Waals surface area contributed by atoms with Crippen molar-refractivity contribution in [2.24, 2.45) is 7.05 Å². The molecule has 0 radical (unpaired) electrons. The number of benzene rings is 1. The van der Waals surface area contributed by atoms with Gasteiger partial charge in [0.15, 0.2) is 0 Å². The van der Waals surface area contributed by atoms with Gasteiger partial charge in [-0.1, -0.05) is 11.6 Å². The first-order valence-corrected chi connectivity index (χ1v) is 7.43. The minimum atomic E-state index is -4.80. The Morgan fingerprint density at radius 1 is 1.24 bits per heavy atom. The Morgan fingerprint density at radius 3 is 2.52 bits per heavy atom. The molecule has 2 aromatic rings. The fourth-order valence-electron chi connectivity index (χ4n) is 2.26. The minimum Gasteiger partial charge on any atom is -0.370 e. The van der Waals surface area contributed by atoms with E-state index in [0.29, 0.717) is 25.8 Å². The van der Waals surface area contributed by atoms with Crippen LogP contribution in [0.5, 0.6) is 0 Å². The molecular formula is C15H15ClF3N3O3. The van der Waals surface area contributed by atoms with E-state index in [4.69, 9.17) is 16.3 Å². The zero-order valence-electron chi connectivity index (χ0n) is 13.4. The summed E-state index contributed by atoms with van der Waals surface area (Å²) in [6, 6.07) is 4.70. The second kappa shape index (κ2) is 7.42. The van der Waals surface area contributed by atoms with Gasteiger partial charge in [0.1, 0.15) is 5.69 Å². The maximum Gasteiger partial charge on any atom is 0.431 e. The van der Waals surface area contributed by atoms with Crippen LogP contribution in [0.1, 0.15) is 11.3 Å². The summed E-state index contributed by atoms with van der Waals surface area (Å²) in [6.07, 6.45) is -4.80. The number of ether oxygens (including phenoxy) is 1. The van der Waals surface area contributed by atoms with Gasteiger partial charge in [0, 0.05) is 31.8 Å². The van der Waals surface area contributed by atoms with Crippen LogP contribution in [0.25, 0.3) is 5.69 Å². The molecule has 0 amide bonds. The van der Waals surface area contributed by atoms with E-state index in [2.05, 4.69) is 5.32 Å². The third-order valence-electron chi connectivity index (χ3n) is 3.46. The summed E-state index contributed by atoms with van der Waals surface area (Å²) in [6.45, 7) is 0.540. The Labute approximate surface area is 145 Å². The molecule has 0 aliphatic carbocycles. The van der Waals surface area contributed by atoms with Gasteiger partial charge < -0.3 is 4.74 Å². The van der Waals surface area contributed by atoms with Gasteiger partial charge in [-0.15, -0.1) is 0 Å². The van der Waals surface area contributed by atoms with Crippen molar-refractivity contribution in [1.82, 2.24) is 14.5 Å². The van der Waals surface area contributed by atoms with Crippen molar-refractivity contribution in [3.8, 4) is 5.69 Å². The van der Waals surface area contributed by atoms with Crippen LogP contribution in [-0.2, 0) is 24.5 Å². The van der Waals surface area contributed by atoms with E-state index < -0.39 is 23.1 Å². The van der Waals surface area contributed by atoms with Gasteiger partial charge in [-0.05, 0) is 23.8 Å². The average molecular weight is 378 g/mol. The molecule has 0 atom stereocenters. The highest BCUT2D eigenvalue weighted by Crippen LogP contribution is 2.27. The van der Waals surface area contributed by atoms with Crippen LogP contribution < -0.4 is 16.6 Å². The summed E-state index contributed by atoms with van der Waals surface area (Å²) in [5, 5.41) is 3.29. The molecule has 1 heterocycles. The maximum atomic E-state index is 12.9. The standard InChI is InChI=1S/C15H15ClF3N3O3/c1-21-12(15(17,18)19)6-13(23)22(14(21)24)10-3-4-11(16)9(5-10)7-20-8-25-2/h3-6,20H,7-8H2,1-2H3. The number of hydrogen-bond acceptors (Lipinski definition) is 4. The lowest BCUT2D eigenvalue weighted by Crippen LogP contribution is -2.40. The largest absolute Gasteiger partial charge is 0.431 e. The molecule has 0 aliphatic heterocycles. The third kappa shape index (κ3) is 4.12. The van der Waals surface area contributed by atoms with Gasteiger partial charge in [0.2, 0.25) is 0 Å². The van der Waals surface area contributed by atoms with E-state index in [9.17, 15) is 22.8 Å². The Bertz CT molecular complexity index is 890. The average Bonchev–Trinajstić information content (AvgIpc) is 2.53. The van der Waals surface area contributed by atoms with E-state index in [1.807, 2.05) is 0 Å². The molecular weight excluding hydrogens is 363 g/mol. The molecule has 0 unspecified atom stereocenters. The quantitative estimate of drug-likeness (QED) is 0.638. The van der Waals surface area contributed by atoms with Gasteiger partial charge >= 0.3 is 11.9 Å². The second-order valence-electron chi connectivity index (χ2n) is 5.18. The Morgan fingerprint density at radius 2 is 1.92 bits per heavy atom. The number of nitrogens with one attached hydrogen (secondary N) is 1. The molecule has 1 aromatic carbocycles. The third-order valence-corrected chi connectivity index (χ3v) is 3.83. The zero-order valence-corrected chi connectivity index (χ0v) is 14.1. The number of rotatable bonds is 5. The minimum absolute atomic E-state index is 0.123. The lowest BCUT2D eigenvalue weighted by Gasteiger charge is -2.15. The number of methoxy groups -OCH3 is 1. The summed E-state index contributed by atoms with van der Waals surface area (Å²) in [4.78, 5) is 24.4. The van der Waals surface area contributed by atoms with Crippen LogP contribution in [0.3, 0.4) is 0 Å². The van der Waals surface area contributed by atoms with E-state index in [1.54, 1.807) is 0 Å². The molecule has 136 valence electrons. The van der Waals surface area contributed by atoms with E-state index in [-0.39, 0.29) is 19.0 Å². The Kier molecular flexibility index (Phi) is 5.71. The van der Waals surface area contributed by atoms with Crippen LogP contribution in [-0.4, -0.2) is 23.0 Å². The van der Waals surface area contributed by atoms with Gasteiger partial charge in [-0.3, -0.25) is 14.7 Å².